The molecular formula is C11H10BrClF3NO2. The molecule has 0 unspecified atom stereocenters. The smallest absolute Gasteiger partial charge is 0.370 e. The van der Waals surface area contributed by atoms with Crippen molar-refractivity contribution >= 4 is 33.4 Å². The number of nitrogens with one attached hydrogen (secondary N) is 1. The Balaban J connectivity index is 2.38. The quantitative estimate of drug-likeness (QED) is 0.817. The molecule has 0 aliphatic carbocycles. The van der Waals surface area contributed by atoms with Crippen LogP contribution < -0.4 is 5.32 Å². The first-order valence-corrected chi connectivity index (χ1v) is 6.34. The van der Waals surface area contributed by atoms with Crippen molar-refractivity contribution in [3.05, 3.63) is 33.3 Å². The number of halogens is 5. The van der Waals surface area contributed by atoms with Crippen LogP contribution in [0.1, 0.15) is 10.4 Å². The molecule has 1 aromatic rings. The fraction of sp³-hybridized carbons (Fsp3) is 0.364. The predicted octanol–water partition coefficient (Wildman–Crippen LogP) is 3.41. The van der Waals surface area contributed by atoms with Gasteiger partial charge in [-0.2, -0.15) is 13.2 Å². The van der Waals surface area contributed by atoms with Crippen LogP contribution in [0.3, 0.4) is 0 Å². The molecule has 0 aliphatic rings. The lowest BCUT2D eigenvalue weighted by atomic mass is 10.2. The van der Waals surface area contributed by atoms with Gasteiger partial charge in [0, 0.05) is 16.0 Å². The zero-order valence-corrected chi connectivity index (χ0v) is 11.9. The molecule has 1 amide bonds. The highest BCUT2D eigenvalue weighted by Gasteiger charge is 2.27. The van der Waals surface area contributed by atoms with Crippen molar-refractivity contribution in [2.45, 2.75) is 6.18 Å². The second-order valence-corrected chi connectivity index (χ2v) is 4.84. The lowest BCUT2D eigenvalue weighted by molar-refractivity contribution is -0.173. The number of amides is 1. The zero-order chi connectivity index (χ0) is 14.5. The van der Waals surface area contributed by atoms with Crippen molar-refractivity contribution in [1.29, 1.82) is 0 Å². The number of rotatable bonds is 5. The number of carbonyl (C=O) groups is 1. The van der Waals surface area contributed by atoms with Crippen molar-refractivity contribution in [1.82, 2.24) is 5.32 Å². The van der Waals surface area contributed by atoms with Gasteiger partial charge in [-0.25, -0.2) is 0 Å². The Morgan fingerprint density at radius 1 is 1.42 bits per heavy atom. The minimum atomic E-state index is -4.36. The predicted molar refractivity (Wildman–Crippen MR) is 68.4 cm³/mol. The minimum absolute atomic E-state index is 0.0200. The SMILES string of the molecule is O=C(NCCOCC(F)(F)F)c1cc(Cl)ccc1Br. The van der Waals surface area contributed by atoms with Crippen LogP contribution in [0.4, 0.5) is 13.2 Å². The molecule has 0 atom stereocenters. The lowest BCUT2D eigenvalue weighted by Crippen LogP contribution is -2.29. The molecule has 8 heteroatoms. The molecule has 1 N–H and O–H groups in total. The van der Waals surface area contributed by atoms with Crippen LogP contribution in [0.15, 0.2) is 22.7 Å². The molecule has 0 fully saturated rings. The van der Waals surface area contributed by atoms with E-state index in [-0.39, 0.29) is 13.2 Å². The Labute approximate surface area is 121 Å². The van der Waals surface area contributed by atoms with E-state index < -0.39 is 18.7 Å². The van der Waals surface area contributed by atoms with Crippen molar-refractivity contribution in [3.8, 4) is 0 Å². The van der Waals surface area contributed by atoms with Gasteiger partial charge >= 0.3 is 6.18 Å². The van der Waals surface area contributed by atoms with E-state index in [0.29, 0.717) is 15.1 Å². The second kappa shape index (κ2) is 7.12. The molecule has 106 valence electrons. The standard InChI is InChI=1S/C11H10BrClF3NO2/c12-9-2-1-7(13)5-8(9)10(18)17-3-4-19-6-11(14,15)16/h1-2,5H,3-4,6H2,(H,17,18). The molecule has 0 spiro atoms. The van der Waals surface area contributed by atoms with Crippen LogP contribution in [0, 0.1) is 0 Å². The molecule has 0 aliphatic heterocycles. The summed E-state index contributed by atoms with van der Waals surface area (Å²) in [7, 11) is 0. The van der Waals surface area contributed by atoms with E-state index in [1.807, 2.05) is 0 Å². The van der Waals surface area contributed by atoms with Gasteiger partial charge in [-0.3, -0.25) is 4.79 Å². The van der Waals surface area contributed by atoms with Crippen molar-refractivity contribution in [3.63, 3.8) is 0 Å². The maximum Gasteiger partial charge on any atom is 0.411 e. The Bertz CT molecular complexity index is 454. The summed E-state index contributed by atoms with van der Waals surface area (Å²) in [6.45, 7) is -1.57. The van der Waals surface area contributed by atoms with Crippen molar-refractivity contribution in [2.24, 2.45) is 0 Å². The first-order valence-electron chi connectivity index (χ1n) is 5.17. The summed E-state index contributed by atoms with van der Waals surface area (Å²) >= 11 is 8.92. The first-order chi connectivity index (χ1) is 8.79. The van der Waals surface area contributed by atoms with E-state index in [4.69, 9.17) is 11.6 Å². The monoisotopic (exact) mass is 359 g/mol. The van der Waals surface area contributed by atoms with Crippen LogP contribution in [0.25, 0.3) is 0 Å². The summed E-state index contributed by atoms with van der Waals surface area (Å²) < 4.78 is 40.2. The molecule has 19 heavy (non-hydrogen) atoms. The number of alkyl halides is 3. The molecular weight excluding hydrogens is 350 g/mol. The summed E-state index contributed by atoms with van der Waals surface area (Å²) in [5.74, 6) is -0.440. The van der Waals surface area contributed by atoms with Gasteiger partial charge < -0.3 is 10.1 Å². The van der Waals surface area contributed by atoms with Gasteiger partial charge in [-0.1, -0.05) is 11.6 Å². The molecule has 3 nitrogen and oxygen atoms in total. The van der Waals surface area contributed by atoms with Crippen molar-refractivity contribution < 1.29 is 22.7 Å². The zero-order valence-electron chi connectivity index (χ0n) is 9.56. The third-order valence-corrected chi connectivity index (χ3v) is 2.90. The number of hydrogen-bond acceptors (Lipinski definition) is 2. The average Bonchev–Trinajstić information content (AvgIpc) is 2.30. The van der Waals surface area contributed by atoms with E-state index in [1.165, 1.54) is 6.07 Å². The minimum Gasteiger partial charge on any atom is -0.370 e. The Morgan fingerprint density at radius 2 is 2.11 bits per heavy atom. The largest absolute Gasteiger partial charge is 0.411 e. The molecule has 0 saturated heterocycles. The molecule has 0 radical (unpaired) electrons. The molecule has 0 heterocycles. The van der Waals surface area contributed by atoms with Crippen LogP contribution in [0.2, 0.25) is 5.02 Å². The van der Waals surface area contributed by atoms with Gasteiger partial charge in [0.25, 0.3) is 5.91 Å². The van der Waals surface area contributed by atoms with E-state index in [9.17, 15) is 18.0 Å². The van der Waals surface area contributed by atoms with Crippen molar-refractivity contribution in [2.75, 3.05) is 19.8 Å². The van der Waals surface area contributed by atoms with E-state index in [0.717, 1.165) is 0 Å². The normalized spacial score (nSPS) is 11.4. The Morgan fingerprint density at radius 3 is 2.74 bits per heavy atom. The highest BCUT2D eigenvalue weighted by molar-refractivity contribution is 9.10. The van der Waals surface area contributed by atoms with Gasteiger partial charge in [-0.05, 0) is 34.1 Å². The molecule has 0 saturated carbocycles. The number of hydrogen-bond donors (Lipinski definition) is 1. The second-order valence-electron chi connectivity index (χ2n) is 3.55. The van der Waals surface area contributed by atoms with E-state index in [2.05, 4.69) is 26.0 Å². The average molecular weight is 361 g/mol. The van der Waals surface area contributed by atoms with Gasteiger partial charge in [0.15, 0.2) is 0 Å². The Kier molecular flexibility index (Phi) is 6.09. The maximum atomic E-state index is 11.8. The number of carbonyl (C=O) groups excluding carboxylic acids is 1. The number of benzene rings is 1. The van der Waals surface area contributed by atoms with Gasteiger partial charge in [0.2, 0.25) is 0 Å². The molecule has 0 aromatic heterocycles. The summed E-state index contributed by atoms with van der Waals surface area (Å²) in [5.41, 5.74) is 0.309. The van der Waals surface area contributed by atoms with Crippen LogP contribution >= 0.6 is 27.5 Å². The van der Waals surface area contributed by atoms with Crippen LogP contribution in [0.5, 0.6) is 0 Å². The third kappa shape index (κ3) is 6.26. The van der Waals surface area contributed by atoms with E-state index in [1.54, 1.807) is 12.1 Å². The molecule has 1 aromatic carbocycles. The maximum absolute atomic E-state index is 11.8. The third-order valence-electron chi connectivity index (χ3n) is 1.97. The summed E-state index contributed by atoms with van der Waals surface area (Å²) in [6.07, 6.45) is -4.36. The Hall–Kier alpha value is -0.790. The van der Waals surface area contributed by atoms with Crippen LogP contribution in [-0.2, 0) is 4.74 Å². The van der Waals surface area contributed by atoms with Gasteiger partial charge in [-0.15, -0.1) is 0 Å². The van der Waals surface area contributed by atoms with Gasteiger partial charge in [0.05, 0.1) is 12.2 Å². The highest BCUT2D eigenvalue weighted by atomic mass is 79.9. The van der Waals surface area contributed by atoms with E-state index >= 15 is 0 Å². The fourth-order valence-corrected chi connectivity index (χ4v) is 1.79. The van der Waals surface area contributed by atoms with Gasteiger partial charge in [0.1, 0.15) is 6.61 Å². The molecule has 0 bridgehead atoms. The summed E-state index contributed by atoms with van der Waals surface area (Å²) in [4.78, 5) is 11.7. The lowest BCUT2D eigenvalue weighted by Gasteiger charge is -2.09. The number of ether oxygens (including phenoxy) is 1. The summed E-state index contributed by atoms with van der Waals surface area (Å²) in [6, 6.07) is 4.67. The van der Waals surface area contributed by atoms with Crippen LogP contribution in [-0.4, -0.2) is 31.8 Å². The summed E-state index contributed by atoms with van der Waals surface area (Å²) in [5, 5.41) is 2.82. The topological polar surface area (TPSA) is 38.3 Å². The molecule has 1 rings (SSSR count). The fourth-order valence-electron chi connectivity index (χ4n) is 1.19. The highest BCUT2D eigenvalue weighted by Crippen LogP contribution is 2.21. The first kappa shape index (κ1) is 16.3.